The maximum Gasteiger partial charge on any atom is 0.105 e. The molecule has 0 spiro atoms. The molecule has 116 valence electrons. The molecule has 0 heterocycles. The van der Waals surface area contributed by atoms with Gasteiger partial charge in [-0.3, -0.25) is 5.32 Å². The number of rotatable bonds is 7. The molecular weight excluding hydrogens is 246 g/mol. The Hall–Kier alpha value is -0.590. The summed E-state index contributed by atoms with van der Waals surface area (Å²) in [4.78, 5) is 2.51. The summed E-state index contributed by atoms with van der Waals surface area (Å²) in [6.45, 7) is 9.73. The Labute approximate surface area is 125 Å². The van der Waals surface area contributed by atoms with E-state index in [2.05, 4.69) is 44.1 Å². The summed E-state index contributed by atoms with van der Waals surface area (Å²) >= 11 is 0. The predicted octanol–water partition coefficient (Wildman–Crippen LogP) is 3.56. The fraction of sp³-hybridized carbons (Fsp3) is 0.941. The van der Waals surface area contributed by atoms with Crippen LogP contribution in [0.4, 0.5) is 0 Å². The SMILES string of the molecule is CCCNC(C)(C#N)CC(C)N(C)C1CCC(C)CC1. The molecule has 0 saturated heterocycles. The highest BCUT2D eigenvalue weighted by Crippen LogP contribution is 2.28. The molecule has 0 amide bonds. The van der Waals surface area contributed by atoms with Crippen molar-refractivity contribution in [1.29, 1.82) is 5.26 Å². The van der Waals surface area contributed by atoms with Crippen molar-refractivity contribution >= 4 is 0 Å². The van der Waals surface area contributed by atoms with Gasteiger partial charge in [0, 0.05) is 12.1 Å². The van der Waals surface area contributed by atoms with E-state index in [9.17, 15) is 5.26 Å². The number of nitriles is 1. The fourth-order valence-corrected chi connectivity index (χ4v) is 3.30. The second-order valence-electron chi connectivity index (χ2n) is 7.00. The van der Waals surface area contributed by atoms with Gasteiger partial charge < -0.3 is 4.90 Å². The Bertz CT molecular complexity index is 315. The molecule has 0 aliphatic heterocycles. The van der Waals surface area contributed by atoms with Crippen LogP contribution in [-0.2, 0) is 0 Å². The van der Waals surface area contributed by atoms with E-state index < -0.39 is 5.54 Å². The topological polar surface area (TPSA) is 39.1 Å². The van der Waals surface area contributed by atoms with E-state index in [1.54, 1.807) is 0 Å². The van der Waals surface area contributed by atoms with Crippen molar-refractivity contribution in [2.24, 2.45) is 5.92 Å². The van der Waals surface area contributed by atoms with Gasteiger partial charge in [0.1, 0.15) is 5.54 Å². The van der Waals surface area contributed by atoms with Crippen LogP contribution in [0.15, 0.2) is 0 Å². The third-order valence-electron chi connectivity index (χ3n) is 4.97. The first-order valence-corrected chi connectivity index (χ1v) is 8.30. The average Bonchev–Trinajstić information content (AvgIpc) is 2.45. The van der Waals surface area contributed by atoms with Crippen molar-refractivity contribution in [3.05, 3.63) is 0 Å². The molecule has 0 aromatic carbocycles. The first kappa shape index (κ1) is 17.5. The van der Waals surface area contributed by atoms with Crippen LogP contribution < -0.4 is 5.32 Å². The zero-order valence-electron chi connectivity index (χ0n) is 14.1. The van der Waals surface area contributed by atoms with Gasteiger partial charge >= 0.3 is 0 Å². The molecule has 1 aliphatic carbocycles. The average molecular weight is 279 g/mol. The Morgan fingerprint density at radius 1 is 1.35 bits per heavy atom. The van der Waals surface area contributed by atoms with Crippen LogP contribution in [0.1, 0.15) is 66.2 Å². The molecule has 1 N–H and O–H groups in total. The van der Waals surface area contributed by atoms with Crippen LogP contribution in [0.2, 0.25) is 0 Å². The summed E-state index contributed by atoms with van der Waals surface area (Å²) in [6, 6.07) is 3.62. The second kappa shape index (κ2) is 8.00. The van der Waals surface area contributed by atoms with Crippen molar-refractivity contribution in [2.45, 2.75) is 83.8 Å². The smallest absolute Gasteiger partial charge is 0.105 e. The van der Waals surface area contributed by atoms with E-state index in [0.29, 0.717) is 12.1 Å². The van der Waals surface area contributed by atoms with Gasteiger partial charge in [-0.2, -0.15) is 5.26 Å². The zero-order valence-corrected chi connectivity index (χ0v) is 14.1. The molecule has 1 fully saturated rings. The summed E-state index contributed by atoms with van der Waals surface area (Å²) in [5, 5.41) is 12.9. The summed E-state index contributed by atoms with van der Waals surface area (Å²) in [7, 11) is 2.24. The molecule has 3 nitrogen and oxygen atoms in total. The summed E-state index contributed by atoms with van der Waals surface area (Å²) < 4.78 is 0. The third kappa shape index (κ3) is 5.07. The molecule has 0 aromatic rings. The Kier molecular flexibility index (Phi) is 6.99. The van der Waals surface area contributed by atoms with E-state index in [0.717, 1.165) is 25.3 Å². The lowest BCUT2D eigenvalue weighted by Crippen LogP contribution is -2.49. The van der Waals surface area contributed by atoms with Gasteiger partial charge in [0.15, 0.2) is 0 Å². The molecule has 3 heteroatoms. The van der Waals surface area contributed by atoms with Gasteiger partial charge in [-0.25, -0.2) is 0 Å². The van der Waals surface area contributed by atoms with Gasteiger partial charge in [-0.05, 0) is 71.9 Å². The molecule has 0 aromatic heterocycles. The molecule has 0 radical (unpaired) electrons. The van der Waals surface area contributed by atoms with Crippen molar-refractivity contribution in [3.8, 4) is 6.07 Å². The first-order chi connectivity index (χ1) is 9.41. The highest BCUT2D eigenvalue weighted by molar-refractivity contribution is 5.05. The Morgan fingerprint density at radius 2 is 1.95 bits per heavy atom. The lowest BCUT2D eigenvalue weighted by atomic mass is 9.85. The van der Waals surface area contributed by atoms with Crippen LogP contribution in [0.5, 0.6) is 0 Å². The van der Waals surface area contributed by atoms with Gasteiger partial charge in [0.25, 0.3) is 0 Å². The van der Waals surface area contributed by atoms with Crippen molar-refractivity contribution in [1.82, 2.24) is 10.2 Å². The maximum atomic E-state index is 9.46. The largest absolute Gasteiger partial charge is 0.301 e. The molecular formula is C17H33N3. The highest BCUT2D eigenvalue weighted by atomic mass is 15.2. The number of nitrogens with one attached hydrogen (secondary N) is 1. The van der Waals surface area contributed by atoms with Crippen LogP contribution in [0.3, 0.4) is 0 Å². The van der Waals surface area contributed by atoms with Crippen molar-refractivity contribution in [2.75, 3.05) is 13.6 Å². The molecule has 0 bridgehead atoms. The van der Waals surface area contributed by atoms with Crippen LogP contribution in [0.25, 0.3) is 0 Å². The van der Waals surface area contributed by atoms with Crippen LogP contribution >= 0.6 is 0 Å². The maximum absolute atomic E-state index is 9.46. The molecule has 2 atom stereocenters. The molecule has 1 saturated carbocycles. The zero-order chi connectivity index (χ0) is 15.2. The molecule has 1 aliphatic rings. The summed E-state index contributed by atoms with van der Waals surface area (Å²) in [6.07, 6.45) is 7.30. The lowest BCUT2D eigenvalue weighted by Gasteiger charge is -2.39. The minimum atomic E-state index is -0.397. The van der Waals surface area contributed by atoms with Crippen molar-refractivity contribution < 1.29 is 0 Å². The van der Waals surface area contributed by atoms with E-state index in [4.69, 9.17) is 0 Å². The highest BCUT2D eigenvalue weighted by Gasteiger charge is 2.30. The van der Waals surface area contributed by atoms with Gasteiger partial charge in [-0.1, -0.05) is 13.8 Å². The van der Waals surface area contributed by atoms with Crippen LogP contribution in [-0.4, -0.2) is 36.1 Å². The van der Waals surface area contributed by atoms with Crippen LogP contribution in [0, 0.1) is 17.2 Å². The molecule has 2 unspecified atom stereocenters. The molecule has 1 rings (SSSR count). The Morgan fingerprint density at radius 3 is 2.45 bits per heavy atom. The van der Waals surface area contributed by atoms with Gasteiger partial charge in [0.05, 0.1) is 6.07 Å². The number of nitrogens with zero attached hydrogens (tertiary/aromatic N) is 2. The first-order valence-electron chi connectivity index (χ1n) is 8.30. The Balaban J connectivity index is 2.51. The van der Waals surface area contributed by atoms with E-state index in [-0.39, 0.29) is 0 Å². The second-order valence-corrected chi connectivity index (χ2v) is 7.00. The van der Waals surface area contributed by atoms with E-state index in [1.165, 1.54) is 25.7 Å². The van der Waals surface area contributed by atoms with Gasteiger partial charge in [0.2, 0.25) is 0 Å². The summed E-state index contributed by atoms with van der Waals surface area (Å²) in [5.41, 5.74) is -0.397. The van der Waals surface area contributed by atoms with Crippen molar-refractivity contribution in [3.63, 3.8) is 0 Å². The lowest BCUT2D eigenvalue weighted by molar-refractivity contribution is 0.114. The third-order valence-corrected chi connectivity index (χ3v) is 4.97. The fourth-order valence-electron chi connectivity index (χ4n) is 3.30. The minimum Gasteiger partial charge on any atom is -0.301 e. The quantitative estimate of drug-likeness (QED) is 0.774. The standard InChI is InChI=1S/C17H33N3/c1-6-11-19-17(4,13-18)12-15(3)20(5)16-9-7-14(2)8-10-16/h14-16,19H,6-12H2,1-5H3. The summed E-state index contributed by atoms with van der Waals surface area (Å²) in [5.74, 6) is 0.894. The minimum absolute atomic E-state index is 0.397. The normalized spacial score (nSPS) is 27.9. The molecule has 20 heavy (non-hydrogen) atoms. The monoisotopic (exact) mass is 279 g/mol. The van der Waals surface area contributed by atoms with Gasteiger partial charge in [-0.15, -0.1) is 0 Å². The predicted molar refractivity (Wildman–Crippen MR) is 85.6 cm³/mol. The van der Waals surface area contributed by atoms with E-state index >= 15 is 0 Å². The number of hydrogen-bond donors (Lipinski definition) is 1. The number of hydrogen-bond acceptors (Lipinski definition) is 3. The van der Waals surface area contributed by atoms with E-state index in [1.807, 2.05) is 6.92 Å².